The number of halogens is 1. The van der Waals surface area contributed by atoms with Crippen molar-refractivity contribution in [2.75, 3.05) is 5.33 Å². The molecule has 0 aliphatic carbocycles. The molecule has 0 fully saturated rings. The predicted molar refractivity (Wildman–Crippen MR) is 51.6 cm³/mol. The molecule has 0 saturated carbocycles. The summed E-state index contributed by atoms with van der Waals surface area (Å²) >= 11 is 3.31. The van der Waals surface area contributed by atoms with E-state index < -0.39 is 0 Å². The minimum Gasteiger partial charge on any atom is -0.299 e. The van der Waals surface area contributed by atoms with Gasteiger partial charge in [-0.25, -0.2) is 9.78 Å². The van der Waals surface area contributed by atoms with Gasteiger partial charge in [-0.05, 0) is 18.9 Å². The smallest absolute Gasteiger partial charge is 0.299 e. The van der Waals surface area contributed by atoms with Crippen molar-refractivity contribution in [3.05, 3.63) is 28.4 Å². The summed E-state index contributed by atoms with van der Waals surface area (Å²) < 4.78 is 1.64. The number of aromatic nitrogens is 2. The molecule has 0 aliphatic rings. The molecule has 0 radical (unpaired) electrons. The fraction of sp³-hybridized carbons (Fsp3) is 0.500. The number of alkyl halides is 1. The van der Waals surface area contributed by atoms with Crippen molar-refractivity contribution >= 4 is 15.9 Å². The second kappa shape index (κ2) is 4.40. The standard InChI is InChI=1S/C8H11BrN2O/c1-7-5-10-8(12)11(6-7)4-2-3-9/h5-6H,2-4H2,1H3. The van der Waals surface area contributed by atoms with Crippen LogP contribution in [0.1, 0.15) is 12.0 Å². The Hall–Kier alpha value is -0.640. The maximum atomic E-state index is 11.1. The topological polar surface area (TPSA) is 34.9 Å². The number of aryl methyl sites for hydroxylation is 2. The molecule has 0 unspecified atom stereocenters. The molecule has 0 aromatic carbocycles. The van der Waals surface area contributed by atoms with Crippen LogP contribution in [0, 0.1) is 6.92 Å². The summed E-state index contributed by atoms with van der Waals surface area (Å²) in [6.07, 6.45) is 4.37. The van der Waals surface area contributed by atoms with Crippen LogP contribution in [-0.2, 0) is 6.54 Å². The Morgan fingerprint density at radius 2 is 2.42 bits per heavy atom. The Labute approximate surface area is 79.6 Å². The third-order valence-corrected chi connectivity index (χ3v) is 2.08. The highest BCUT2D eigenvalue weighted by Gasteiger charge is 1.95. The molecule has 0 aliphatic heterocycles. The van der Waals surface area contributed by atoms with E-state index in [1.54, 1.807) is 10.8 Å². The van der Waals surface area contributed by atoms with Crippen molar-refractivity contribution in [1.29, 1.82) is 0 Å². The lowest BCUT2D eigenvalue weighted by atomic mass is 10.4. The van der Waals surface area contributed by atoms with Gasteiger partial charge in [0.25, 0.3) is 0 Å². The van der Waals surface area contributed by atoms with E-state index in [0.29, 0.717) is 0 Å². The monoisotopic (exact) mass is 230 g/mol. The molecule has 0 amide bonds. The molecule has 4 heteroatoms. The highest BCUT2D eigenvalue weighted by molar-refractivity contribution is 9.09. The first-order chi connectivity index (χ1) is 5.74. The molecule has 1 aromatic heterocycles. The van der Waals surface area contributed by atoms with Crippen molar-refractivity contribution in [3.8, 4) is 0 Å². The summed E-state index contributed by atoms with van der Waals surface area (Å²) in [6.45, 7) is 2.66. The van der Waals surface area contributed by atoms with E-state index in [0.717, 1.165) is 23.9 Å². The molecule has 1 heterocycles. The minimum absolute atomic E-state index is 0.165. The third kappa shape index (κ3) is 2.44. The van der Waals surface area contributed by atoms with Gasteiger partial charge in [0.1, 0.15) is 0 Å². The van der Waals surface area contributed by atoms with Gasteiger partial charge in [0.15, 0.2) is 0 Å². The van der Waals surface area contributed by atoms with Crippen LogP contribution < -0.4 is 5.69 Å². The quantitative estimate of drug-likeness (QED) is 0.735. The van der Waals surface area contributed by atoms with E-state index in [-0.39, 0.29) is 5.69 Å². The van der Waals surface area contributed by atoms with Crippen LogP contribution in [0.5, 0.6) is 0 Å². The summed E-state index contributed by atoms with van der Waals surface area (Å²) in [5, 5.41) is 0.910. The normalized spacial score (nSPS) is 10.2. The van der Waals surface area contributed by atoms with Gasteiger partial charge in [0.05, 0.1) is 0 Å². The van der Waals surface area contributed by atoms with E-state index in [4.69, 9.17) is 0 Å². The second-order valence-electron chi connectivity index (χ2n) is 2.65. The van der Waals surface area contributed by atoms with Crippen LogP contribution in [0.2, 0.25) is 0 Å². The van der Waals surface area contributed by atoms with Crippen LogP contribution in [0.15, 0.2) is 17.2 Å². The lowest BCUT2D eigenvalue weighted by Gasteiger charge is -2.02. The van der Waals surface area contributed by atoms with Gasteiger partial charge in [-0.1, -0.05) is 15.9 Å². The second-order valence-corrected chi connectivity index (χ2v) is 3.44. The SMILES string of the molecule is Cc1cnc(=O)n(CCCBr)c1. The molecule has 3 nitrogen and oxygen atoms in total. The average molecular weight is 231 g/mol. The summed E-state index contributed by atoms with van der Waals surface area (Å²) in [4.78, 5) is 14.8. The summed E-state index contributed by atoms with van der Waals surface area (Å²) in [5.74, 6) is 0. The van der Waals surface area contributed by atoms with Gasteiger partial charge in [-0.2, -0.15) is 0 Å². The van der Waals surface area contributed by atoms with E-state index >= 15 is 0 Å². The number of hydrogen-bond acceptors (Lipinski definition) is 2. The fourth-order valence-corrected chi connectivity index (χ4v) is 1.21. The first kappa shape index (κ1) is 9.45. The molecule has 66 valence electrons. The number of nitrogens with zero attached hydrogens (tertiary/aromatic N) is 2. The summed E-state index contributed by atoms with van der Waals surface area (Å²) in [7, 11) is 0. The zero-order chi connectivity index (χ0) is 8.97. The lowest BCUT2D eigenvalue weighted by Crippen LogP contribution is -2.22. The highest BCUT2D eigenvalue weighted by atomic mass is 79.9. The zero-order valence-corrected chi connectivity index (χ0v) is 8.54. The van der Waals surface area contributed by atoms with Crippen molar-refractivity contribution in [3.63, 3.8) is 0 Å². The molecule has 0 N–H and O–H groups in total. The van der Waals surface area contributed by atoms with Gasteiger partial charge in [-0.15, -0.1) is 0 Å². The zero-order valence-electron chi connectivity index (χ0n) is 6.96. The molecule has 0 atom stereocenters. The van der Waals surface area contributed by atoms with Crippen LogP contribution in [0.4, 0.5) is 0 Å². The molecule has 1 aromatic rings. The van der Waals surface area contributed by atoms with Crippen molar-refractivity contribution in [2.45, 2.75) is 19.9 Å². The molecule has 1 rings (SSSR count). The van der Waals surface area contributed by atoms with E-state index in [9.17, 15) is 4.79 Å². The molecule has 0 saturated heterocycles. The van der Waals surface area contributed by atoms with Gasteiger partial charge in [0.2, 0.25) is 0 Å². The van der Waals surface area contributed by atoms with Gasteiger partial charge < -0.3 is 0 Å². The molecule has 0 spiro atoms. The molecule has 0 bridgehead atoms. The average Bonchev–Trinajstić information content (AvgIpc) is 2.07. The van der Waals surface area contributed by atoms with E-state index in [1.807, 2.05) is 13.1 Å². The number of hydrogen-bond donors (Lipinski definition) is 0. The Balaban J connectivity index is 2.83. The van der Waals surface area contributed by atoms with Crippen molar-refractivity contribution in [2.24, 2.45) is 0 Å². The Morgan fingerprint density at radius 1 is 1.67 bits per heavy atom. The third-order valence-electron chi connectivity index (χ3n) is 1.52. The molecule has 12 heavy (non-hydrogen) atoms. The first-order valence-corrected chi connectivity index (χ1v) is 4.95. The minimum atomic E-state index is -0.165. The fourth-order valence-electron chi connectivity index (χ4n) is 0.956. The predicted octanol–water partition coefficient (Wildman–Crippen LogP) is 1.34. The Bertz CT molecular complexity index is 308. The molecular weight excluding hydrogens is 220 g/mol. The lowest BCUT2D eigenvalue weighted by molar-refractivity contribution is 0.637. The Kier molecular flexibility index (Phi) is 3.47. The summed E-state index contributed by atoms with van der Waals surface area (Å²) in [6, 6.07) is 0. The van der Waals surface area contributed by atoms with Gasteiger partial charge in [0, 0.05) is 24.3 Å². The van der Waals surface area contributed by atoms with Crippen molar-refractivity contribution in [1.82, 2.24) is 9.55 Å². The van der Waals surface area contributed by atoms with Crippen LogP contribution in [0.3, 0.4) is 0 Å². The Morgan fingerprint density at radius 3 is 3.08 bits per heavy atom. The highest BCUT2D eigenvalue weighted by Crippen LogP contribution is 1.93. The van der Waals surface area contributed by atoms with Gasteiger partial charge >= 0.3 is 5.69 Å². The summed E-state index contributed by atoms with van der Waals surface area (Å²) in [5.41, 5.74) is 0.853. The first-order valence-electron chi connectivity index (χ1n) is 3.83. The number of rotatable bonds is 3. The van der Waals surface area contributed by atoms with Crippen molar-refractivity contribution < 1.29 is 0 Å². The maximum Gasteiger partial charge on any atom is 0.347 e. The van der Waals surface area contributed by atoms with Crippen LogP contribution in [-0.4, -0.2) is 14.9 Å². The van der Waals surface area contributed by atoms with E-state index in [1.165, 1.54) is 0 Å². The van der Waals surface area contributed by atoms with E-state index in [2.05, 4.69) is 20.9 Å². The van der Waals surface area contributed by atoms with Crippen LogP contribution >= 0.6 is 15.9 Å². The molecular formula is C8H11BrN2O. The van der Waals surface area contributed by atoms with Crippen LogP contribution in [0.25, 0.3) is 0 Å². The van der Waals surface area contributed by atoms with Gasteiger partial charge in [-0.3, -0.25) is 4.57 Å². The largest absolute Gasteiger partial charge is 0.347 e. The maximum absolute atomic E-state index is 11.1.